The molecule has 1 aromatic heterocycles. The summed E-state index contributed by atoms with van der Waals surface area (Å²) < 4.78 is 64.5. The minimum absolute atomic E-state index is 0.0285. The molecule has 2 aliphatic rings. The van der Waals surface area contributed by atoms with Crippen molar-refractivity contribution >= 4 is 46.7 Å². The van der Waals surface area contributed by atoms with Crippen LogP contribution in [0, 0.1) is 30.0 Å². The number of carboxylic acid groups (broad SMARTS) is 1. The summed E-state index contributed by atoms with van der Waals surface area (Å²) in [6.07, 6.45) is -1.72. The number of amides is 1. The molecule has 0 saturated heterocycles. The number of hydrogen-bond acceptors (Lipinski definition) is 7. The molecule has 2 aliphatic carbocycles. The van der Waals surface area contributed by atoms with Crippen LogP contribution < -0.4 is 9.62 Å². The molecule has 1 heterocycles. The van der Waals surface area contributed by atoms with E-state index in [4.69, 9.17) is 14.6 Å². The molecule has 3 N–H and O–H groups in total. The zero-order chi connectivity index (χ0) is 37.8. The molecule has 0 aliphatic heterocycles. The molecule has 14 heteroatoms. The van der Waals surface area contributed by atoms with Gasteiger partial charge in [0, 0.05) is 37.2 Å². The Morgan fingerprint density at radius 2 is 1.83 bits per heavy atom. The molecule has 3 aromatic carbocycles. The highest BCUT2D eigenvalue weighted by Crippen LogP contribution is 2.55. The predicted octanol–water partition coefficient (Wildman–Crippen LogP) is 8.20. The summed E-state index contributed by atoms with van der Waals surface area (Å²) in [6.45, 7) is 4.45. The molecule has 2 saturated carbocycles. The predicted molar refractivity (Wildman–Crippen MR) is 193 cm³/mol. The average Bonchev–Trinajstić information content (AvgIpc) is 3.65. The highest BCUT2D eigenvalue weighted by molar-refractivity contribution is 8.00. The van der Waals surface area contributed by atoms with Gasteiger partial charge in [0.2, 0.25) is 5.91 Å². The van der Waals surface area contributed by atoms with Gasteiger partial charge in [-0.2, -0.15) is 13.2 Å². The first-order chi connectivity index (χ1) is 24.7. The molecule has 0 radical (unpaired) electrons. The van der Waals surface area contributed by atoms with Crippen LogP contribution in [0.3, 0.4) is 0 Å². The van der Waals surface area contributed by atoms with Crippen LogP contribution in [0.25, 0.3) is 11.0 Å². The molecule has 5 atom stereocenters. The van der Waals surface area contributed by atoms with Crippen molar-refractivity contribution in [3.63, 3.8) is 0 Å². The minimum atomic E-state index is -4.69. The lowest BCUT2D eigenvalue weighted by molar-refractivity contribution is -0.137. The summed E-state index contributed by atoms with van der Waals surface area (Å²) in [7, 11) is 4.00. The SMILES string of the molecule is Cc1nc2cc(SN(C)c3ccc(C4CC(OC[C@]5(CCO)CC5C)CC(C(=O)Nc5ccc(C(F)(F)F)cc5F)C4)cc3)ccc2n1C.O=CO. The Balaban J connectivity index is 0.00000168. The van der Waals surface area contributed by atoms with Gasteiger partial charge in [-0.05, 0) is 122 Å². The number of aliphatic hydroxyl groups excluding tert-OH is 1. The maximum absolute atomic E-state index is 14.7. The zero-order valence-electron chi connectivity index (χ0n) is 29.5. The van der Waals surface area contributed by atoms with Gasteiger partial charge in [-0.15, -0.1) is 0 Å². The third-order valence-corrected chi connectivity index (χ3v) is 11.4. The third kappa shape index (κ3) is 9.07. The lowest BCUT2D eigenvalue weighted by atomic mass is 9.76. The Kier molecular flexibility index (Phi) is 12.2. The van der Waals surface area contributed by atoms with Crippen LogP contribution in [-0.2, 0) is 27.5 Å². The van der Waals surface area contributed by atoms with Crippen LogP contribution in [0.5, 0.6) is 0 Å². The summed E-state index contributed by atoms with van der Waals surface area (Å²) in [5, 5.41) is 19.0. The average molecular weight is 745 g/mol. The highest BCUT2D eigenvalue weighted by atomic mass is 32.2. The van der Waals surface area contributed by atoms with Crippen LogP contribution in [0.4, 0.5) is 28.9 Å². The van der Waals surface area contributed by atoms with E-state index < -0.39 is 29.4 Å². The van der Waals surface area contributed by atoms with E-state index in [1.54, 1.807) is 11.9 Å². The van der Waals surface area contributed by atoms with Crippen molar-refractivity contribution in [2.75, 3.05) is 29.9 Å². The molecule has 9 nitrogen and oxygen atoms in total. The number of anilines is 2. The summed E-state index contributed by atoms with van der Waals surface area (Å²) in [6, 6.07) is 16.6. The Morgan fingerprint density at radius 1 is 1.13 bits per heavy atom. The van der Waals surface area contributed by atoms with E-state index in [1.807, 2.05) is 33.2 Å². The number of carbonyl (C=O) groups is 2. The van der Waals surface area contributed by atoms with Crippen molar-refractivity contribution in [2.45, 2.75) is 69.0 Å². The number of hydrogen-bond donors (Lipinski definition) is 3. The maximum Gasteiger partial charge on any atom is 0.416 e. The Morgan fingerprint density at radius 3 is 2.44 bits per heavy atom. The number of aryl methyl sites for hydroxylation is 2. The second-order valence-corrected chi connectivity index (χ2v) is 15.0. The first kappa shape index (κ1) is 39.1. The second kappa shape index (κ2) is 16.3. The van der Waals surface area contributed by atoms with Gasteiger partial charge in [-0.3, -0.25) is 9.59 Å². The molecule has 4 aromatic rings. The molecule has 0 spiro atoms. The molecule has 2 fully saturated rings. The van der Waals surface area contributed by atoms with Crippen molar-refractivity contribution in [3.05, 3.63) is 83.4 Å². The molecular formula is C38H44F4N4O5S. The van der Waals surface area contributed by atoms with Crippen LogP contribution in [0.2, 0.25) is 0 Å². The van der Waals surface area contributed by atoms with E-state index in [0.29, 0.717) is 44.3 Å². The fraction of sp³-hybridized carbons (Fsp3) is 0.447. The number of imidazole rings is 1. The van der Waals surface area contributed by atoms with Gasteiger partial charge in [0.25, 0.3) is 6.47 Å². The smallest absolute Gasteiger partial charge is 0.416 e. The number of halogens is 4. The number of fused-ring (bicyclic) bond motifs is 1. The van der Waals surface area contributed by atoms with Gasteiger partial charge >= 0.3 is 6.18 Å². The maximum atomic E-state index is 14.7. The zero-order valence-corrected chi connectivity index (χ0v) is 30.3. The van der Waals surface area contributed by atoms with Crippen LogP contribution in [0.1, 0.15) is 61.9 Å². The van der Waals surface area contributed by atoms with Crippen molar-refractivity contribution in [1.29, 1.82) is 0 Å². The molecule has 280 valence electrons. The Labute approximate surface area is 304 Å². The monoisotopic (exact) mass is 744 g/mol. The van der Waals surface area contributed by atoms with Gasteiger partial charge in [0.1, 0.15) is 11.6 Å². The Bertz CT molecular complexity index is 1870. The summed E-state index contributed by atoms with van der Waals surface area (Å²) in [5.74, 6) is -0.759. The minimum Gasteiger partial charge on any atom is -0.483 e. The largest absolute Gasteiger partial charge is 0.483 e. The number of aliphatic hydroxyl groups is 1. The van der Waals surface area contributed by atoms with Crippen LogP contribution in [-0.4, -0.2) is 58.5 Å². The molecule has 0 bridgehead atoms. The van der Waals surface area contributed by atoms with E-state index in [0.717, 1.165) is 51.6 Å². The van der Waals surface area contributed by atoms with E-state index in [2.05, 4.69) is 56.4 Å². The van der Waals surface area contributed by atoms with E-state index in [1.165, 1.54) is 0 Å². The number of nitrogens with one attached hydrogen (secondary N) is 1. The number of rotatable bonds is 11. The second-order valence-electron chi connectivity index (χ2n) is 13.8. The summed E-state index contributed by atoms with van der Waals surface area (Å²) in [5.41, 5.74) is 2.61. The molecule has 6 rings (SSSR count). The fourth-order valence-electron chi connectivity index (χ4n) is 7.12. The standard InChI is InChI=1S/C37H42F4N4O3S.CH2O2/c1-22-20-36(22,13-14-46)21-48-29-16-25(15-26(17-29)35(47)43-32-11-7-27(18-31(32)38)37(39,40)41)24-5-8-28(9-6-24)45(4)49-30-10-12-34-33(19-30)42-23(2)44(34)3;2-1-3/h5-12,18-19,22,25-26,29,46H,13-17,20-21H2,1-4H3,(H,43,47);1H,(H,2,3)/t22?,25?,26?,29?,36-;/m0./s1. The number of benzene rings is 3. The van der Waals surface area contributed by atoms with E-state index in [9.17, 15) is 27.5 Å². The van der Waals surface area contributed by atoms with E-state index >= 15 is 0 Å². The molecule has 1 amide bonds. The first-order valence-corrected chi connectivity index (χ1v) is 17.9. The van der Waals surface area contributed by atoms with Crippen molar-refractivity contribution in [1.82, 2.24) is 9.55 Å². The summed E-state index contributed by atoms with van der Waals surface area (Å²) in [4.78, 5) is 27.6. The number of alkyl halides is 3. The lowest BCUT2D eigenvalue weighted by Crippen LogP contribution is -2.36. The highest BCUT2D eigenvalue weighted by Gasteiger charge is 2.51. The molecule has 4 unspecified atom stereocenters. The van der Waals surface area contributed by atoms with Gasteiger partial charge in [0.15, 0.2) is 0 Å². The molecular weight excluding hydrogens is 700 g/mol. The van der Waals surface area contributed by atoms with Gasteiger partial charge in [-0.25, -0.2) is 9.37 Å². The van der Waals surface area contributed by atoms with Crippen molar-refractivity contribution in [3.8, 4) is 0 Å². The van der Waals surface area contributed by atoms with Gasteiger partial charge < -0.3 is 29.1 Å². The number of nitrogens with zero attached hydrogens (tertiary/aromatic N) is 3. The Hall–Kier alpha value is -4.14. The normalized spacial score (nSPS) is 22.7. The van der Waals surface area contributed by atoms with Gasteiger partial charge in [0.05, 0.1) is 35.0 Å². The summed E-state index contributed by atoms with van der Waals surface area (Å²) >= 11 is 1.60. The van der Waals surface area contributed by atoms with Crippen molar-refractivity contribution in [2.24, 2.45) is 24.3 Å². The lowest BCUT2D eigenvalue weighted by Gasteiger charge is -2.35. The number of aromatic nitrogens is 2. The van der Waals surface area contributed by atoms with Gasteiger partial charge in [-0.1, -0.05) is 19.1 Å². The third-order valence-electron chi connectivity index (χ3n) is 10.4. The van der Waals surface area contributed by atoms with Crippen molar-refractivity contribution < 1.29 is 42.1 Å². The van der Waals surface area contributed by atoms with Crippen LogP contribution in [0.15, 0.2) is 65.6 Å². The quantitative estimate of drug-likeness (QED) is 0.0800. The number of carbonyl (C=O) groups excluding carboxylic acids is 1. The topological polar surface area (TPSA) is 117 Å². The molecule has 52 heavy (non-hydrogen) atoms. The first-order valence-electron chi connectivity index (χ1n) is 17.1. The fourth-order valence-corrected chi connectivity index (χ4v) is 7.96. The number of ether oxygens (including phenoxy) is 1. The van der Waals surface area contributed by atoms with E-state index in [-0.39, 0.29) is 36.2 Å². The van der Waals surface area contributed by atoms with Crippen LogP contribution >= 0.6 is 11.9 Å².